The number of aromatic amines is 1. The molecule has 0 saturated carbocycles. The van der Waals surface area contributed by atoms with E-state index in [0.717, 1.165) is 0 Å². The summed E-state index contributed by atoms with van der Waals surface area (Å²) in [5, 5.41) is 6.03. The molecule has 7 heteroatoms. The summed E-state index contributed by atoms with van der Waals surface area (Å²) in [5.74, 6) is 0.613. The number of rotatable bonds is 5. The third-order valence-electron chi connectivity index (χ3n) is 2.16. The molecule has 0 bridgehead atoms. The fraction of sp³-hybridized carbons (Fsp3) is 0.182. The number of H-pyrrole nitrogens is 1. The van der Waals surface area contributed by atoms with Gasteiger partial charge in [-0.05, 0) is 25.1 Å². The molecule has 0 spiro atoms. The smallest absolute Gasteiger partial charge is 0.278 e. The Morgan fingerprint density at radius 2 is 2.22 bits per heavy atom. The second-order valence-corrected chi connectivity index (χ2v) is 5.14. The number of anilines is 1. The van der Waals surface area contributed by atoms with E-state index in [1.165, 1.54) is 12.3 Å². The highest BCUT2D eigenvalue weighted by Crippen LogP contribution is 2.19. The summed E-state index contributed by atoms with van der Waals surface area (Å²) in [6.45, 7) is 2.39. The van der Waals surface area contributed by atoms with Gasteiger partial charge in [-0.2, -0.15) is 13.5 Å². The lowest BCUT2D eigenvalue weighted by Gasteiger charge is -2.08. The van der Waals surface area contributed by atoms with Crippen LogP contribution in [0.25, 0.3) is 0 Å². The van der Waals surface area contributed by atoms with E-state index in [1.54, 1.807) is 24.3 Å². The minimum atomic E-state index is -3.63. The van der Waals surface area contributed by atoms with Gasteiger partial charge in [0.1, 0.15) is 5.75 Å². The van der Waals surface area contributed by atoms with Crippen LogP contribution in [0.1, 0.15) is 6.92 Å². The molecule has 2 N–H and O–H groups in total. The molecule has 0 amide bonds. The second kappa shape index (κ2) is 5.09. The van der Waals surface area contributed by atoms with Crippen molar-refractivity contribution in [2.24, 2.45) is 0 Å². The Balaban J connectivity index is 2.21. The summed E-state index contributed by atoms with van der Waals surface area (Å²) in [6.07, 6.45) is 1.38. The second-order valence-electron chi connectivity index (χ2n) is 3.49. The fourth-order valence-electron chi connectivity index (χ4n) is 1.42. The van der Waals surface area contributed by atoms with Crippen LogP contribution >= 0.6 is 0 Å². The zero-order valence-corrected chi connectivity index (χ0v) is 10.6. The van der Waals surface area contributed by atoms with Crippen molar-refractivity contribution >= 4 is 15.7 Å². The Kier molecular flexibility index (Phi) is 3.52. The Labute approximate surface area is 105 Å². The highest BCUT2D eigenvalue weighted by Gasteiger charge is 2.15. The zero-order chi connectivity index (χ0) is 13.0. The maximum atomic E-state index is 11.9. The molecular weight excluding hydrogens is 254 g/mol. The molecule has 0 aliphatic heterocycles. The lowest BCUT2D eigenvalue weighted by molar-refractivity contribution is 0.340. The average Bonchev–Trinajstić information content (AvgIpc) is 2.83. The number of hydrogen-bond donors (Lipinski definition) is 2. The van der Waals surface area contributed by atoms with Gasteiger partial charge in [0.15, 0.2) is 5.03 Å². The lowest BCUT2D eigenvalue weighted by atomic mass is 10.3. The Morgan fingerprint density at radius 3 is 2.89 bits per heavy atom. The Morgan fingerprint density at radius 1 is 1.39 bits per heavy atom. The molecule has 2 aromatic rings. The van der Waals surface area contributed by atoms with Crippen molar-refractivity contribution in [3.05, 3.63) is 36.5 Å². The van der Waals surface area contributed by atoms with Crippen LogP contribution in [0, 0.1) is 0 Å². The van der Waals surface area contributed by atoms with Gasteiger partial charge in [-0.3, -0.25) is 9.82 Å². The topological polar surface area (TPSA) is 84.1 Å². The quantitative estimate of drug-likeness (QED) is 0.862. The van der Waals surface area contributed by atoms with E-state index in [-0.39, 0.29) is 5.03 Å². The maximum Gasteiger partial charge on any atom is 0.278 e. The zero-order valence-electron chi connectivity index (χ0n) is 9.75. The van der Waals surface area contributed by atoms with Crippen LogP contribution in [0.5, 0.6) is 5.75 Å². The molecule has 2 rings (SSSR count). The van der Waals surface area contributed by atoms with E-state index in [0.29, 0.717) is 18.0 Å². The molecule has 18 heavy (non-hydrogen) atoms. The average molecular weight is 267 g/mol. The lowest BCUT2D eigenvalue weighted by Crippen LogP contribution is -2.13. The molecule has 0 saturated heterocycles. The molecule has 1 aromatic carbocycles. The molecule has 0 atom stereocenters. The van der Waals surface area contributed by atoms with Gasteiger partial charge in [-0.25, -0.2) is 0 Å². The van der Waals surface area contributed by atoms with E-state index in [9.17, 15) is 8.42 Å². The van der Waals surface area contributed by atoms with Crippen LogP contribution in [0.4, 0.5) is 5.69 Å². The predicted molar refractivity (Wildman–Crippen MR) is 67.0 cm³/mol. The minimum Gasteiger partial charge on any atom is -0.494 e. The third-order valence-corrected chi connectivity index (χ3v) is 3.47. The number of aromatic nitrogens is 2. The molecule has 96 valence electrons. The number of hydrogen-bond acceptors (Lipinski definition) is 4. The first-order chi connectivity index (χ1) is 8.62. The summed E-state index contributed by atoms with van der Waals surface area (Å²) in [7, 11) is -3.63. The molecule has 0 aliphatic carbocycles. The Bertz CT molecular complexity index is 608. The number of ether oxygens (including phenoxy) is 1. The first-order valence-electron chi connectivity index (χ1n) is 5.37. The first kappa shape index (κ1) is 12.4. The molecule has 0 fully saturated rings. The van der Waals surface area contributed by atoms with Crippen molar-refractivity contribution in [2.45, 2.75) is 11.9 Å². The predicted octanol–water partition coefficient (Wildman–Crippen LogP) is 1.61. The van der Waals surface area contributed by atoms with Crippen molar-refractivity contribution in [2.75, 3.05) is 11.3 Å². The van der Waals surface area contributed by atoms with Gasteiger partial charge in [-0.15, -0.1) is 0 Å². The van der Waals surface area contributed by atoms with Crippen LogP contribution in [-0.2, 0) is 10.0 Å². The molecule has 0 aliphatic rings. The minimum absolute atomic E-state index is 0.0179. The number of nitrogens with one attached hydrogen (secondary N) is 2. The first-order valence-corrected chi connectivity index (χ1v) is 6.85. The molecule has 0 radical (unpaired) electrons. The van der Waals surface area contributed by atoms with Gasteiger partial charge in [0.25, 0.3) is 10.0 Å². The van der Waals surface area contributed by atoms with Gasteiger partial charge >= 0.3 is 0 Å². The van der Waals surface area contributed by atoms with Crippen molar-refractivity contribution < 1.29 is 13.2 Å². The van der Waals surface area contributed by atoms with Gasteiger partial charge < -0.3 is 4.74 Å². The highest BCUT2D eigenvalue weighted by atomic mass is 32.2. The molecule has 6 nitrogen and oxygen atoms in total. The molecule has 1 aromatic heterocycles. The monoisotopic (exact) mass is 267 g/mol. The van der Waals surface area contributed by atoms with Gasteiger partial charge in [-0.1, -0.05) is 6.07 Å². The van der Waals surface area contributed by atoms with E-state index < -0.39 is 10.0 Å². The molecule has 1 heterocycles. The van der Waals surface area contributed by atoms with E-state index in [2.05, 4.69) is 14.9 Å². The van der Waals surface area contributed by atoms with E-state index in [1.807, 2.05) is 6.92 Å². The normalized spacial score (nSPS) is 11.2. The van der Waals surface area contributed by atoms with Crippen LogP contribution in [0.2, 0.25) is 0 Å². The molecule has 0 unspecified atom stereocenters. The van der Waals surface area contributed by atoms with Crippen LogP contribution in [0.3, 0.4) is 0 Å². The fourth-order valence-corrected chi connectivity index (χ4v) is 2.38. The van der Waals surface area contributed by atoms with Crippen molar-refractivity contribution in [3.63, 3.8) is 0 Å². The van der Waals surface area contributed by atoms with E-state index >= 15 is 0 Å². The van der Waals surface area contributed by atoms with E-state index in [4.69, 9.17) is 4.74 Å². The number of sulfonamides is 1. The largest absolute Gasteiger partial charge is 0.494 e. The number of nitrogens with zero attached hydrogens (tertiary/aromatic N) is 1. The van der Waals surface area contributed by atoms with Crippen molar-refractivity contribution in [1.29, 1.82) is 0 Å². The summed E-state index contributed by atoms with van der Waals surface area (Å²) >= 11 is 0. The van der Waals surface area contributed by atoms with Crippen LogP contribution in [0.15, 0.2) is 41.6 Å². The third kappa shape index (κ3) is 2.80. The van der Waals surface area contributed by atoms with Crippen molar-refractivity contribution in [1.82, 2.24) is 10.2 Å². The Hall–Kier alpha value is -2.02. The summed E-state index contributed by atoms with van der Waals surface area (Å²) in [5.41, 5.74) is 0.440. The van der Waals surface area contributed by atoms with Crippen molar-refractivity contribution in [3.8, 4) is 5.75 Å². The number of benzene rings is 1. The molecular formula is C11H13N3O3S. The van der Waals surface area contributed by atoms with Gasteiger partial charge in [0, 0.05) is 6.07 Å². The standard InChI is InChI=1S/C11H13N3O3S/c1-2-17-10-5-3-4-9(8-10)14-18(15,16)11-6-7-12-13-11/h3-8,14H,2H2,1H3,(H,12,13). The van der Waals surface area contributed by atoms with Gasteiger partial charge in [0.2, 0.25) is 0 Å². The van der Waals surface area contributed by atoms with Crippen LogP contribution < -0.4 is 9.46 Å². The highest BCUT2D eigenvalue weighted by molar-refractivity contribution is 7.92. The van der Waals surface area contributed by atoms with Gasteiger partial charge in [0.05, 0.1) is 18.5 Å². The SMILES string of the molecule is CCOc1cccc(NS(=O)(=O)c2ccn[nH]2)c1. The maximum absolute atomic E-state index is 11.9. The summed E-state index contributed by atoms with van der Waals surface area (Å²) in [6, 6.07) is 8.13. The summed E-state index contributed by atoms with van der Waals surface area (Å²) in [4.78, 5) is 0. The summed E-state index contributed by atoms with van der Waals surface area (Å²) < 4.78 is 31.6. The van der Waals surface area contributed by atoms with Crippen LogP contribution in [-0.4, -0.2) is 25.2 Å².